The molecule has 146 valence electrons. The Kier molecular flexibility index (Phi) is 5.81. The van der Waals surface area contributed by atoms with Gasteiger partial charge in [-0.2, -0.15) is 0 Å². The number of amidine groups is 2. The Labute approximate surface area is 177 Å². The SMILES string of the molecule is CN/C(=N\C(=N)c1cc(-c2ccccc2)cc(-c2ccccc2)c1)c1ccccc1. The lowest BCUT2D eigenvalue weighted by molar-refractivity contribution is 1.16. The van der Waals surface area contributed by atoms with E-state index in [4.69, 9.17) is 5.41 Å². The number of rotatable bonds is 4. The lowest BCUT2D eigenvalue weighted by atomic mass is 9.96. The Morgan fingerprint density at radius 3 is 1.53 bits per heavy atom. The molecule has 2 N–H and O–H groups in total. The van der Waals surface area contributed by atoms with Crippen LogP contribution >= 0.6 is 0 Å². The third kappa shape index (κ3) is 4.36. The first kappa shape index (κ1) is 19.3. The van der Waals surface area contributed by atoms with E-state index in [1.54, 1.807) is 0 Å². The van der Waals surface area contributed by atoms with Gasteiger partial charge in [-0.3, -0.25) is 5.41 Å². The number of aliphatic imine (C=N–C) groups is 1. The summed E-state index contributed by atoms with van der Waals surface area (Å²) in [7, 11) is 1.83. The van der Waals surface area contributed by atoms with Gasteiger partial charge in [0.05, 0.1) is 0 Å². The van der Waals surface area contributed by atoms with Crippen LogP contribution in [0.15, 0.2) is 114 Å². The van der Waals surface area contributed by atoms with Crippen molar-refractivity contribution < 1.29 is 0 Å². The molecule has 3 heteroatoms. The molecule has 0 aliphatic heterocycles. The fourth-order valence-electron chi connectivity index (χ4n) is 3.40. The van der Waals surface area contributed by atoms with Crippen LogP contribution in [-0.2, 0) is 0 Å². The maximum Gasteiger partial charge on any atom is 0.154 e. The first-order valence-corrected chi connectivity index (χ1v) is 9.91. The Balaban J connectivity index is 1.80. The summed E-state index contributed by atoms with van der Waals surface area (Å²) >= 11 is 0. The van der Waals surface area contributed by atoms with Gasteiger partial charge < -0.3 is 5.32 Å². The molecule has 0 aliphatic carbocycles. The fourth-order valence-corrected chi connectivity index (χ4v) is 3.40. The van der Waals surface area contributed by atoms with Gasteiger partial charge in [-0.05, 0) is 40.5 Å². The molecule has 0 bridgehead atoms. The average molecular weight is 390 g/mol. The minimum atomic E-state index is 0.221. The number of nitrogens with zero attached hydrogens (tertiary/aromatic N) is 1. The van der Waals surface area contributed by atoms with Crippen molar-refractivity contribution in [2.45, 2.75) is 0 Å². The molecule has 0 fully saturated rings. The number of nitrogens with one attached hydrogen (secondary N) is 2. The van der Waals surface area contributed by atoms with Crippen molar-refractivity contribution in [3.8, 4) is 22.3 Å². The molecule has 4 rings (SSSR count). The van der Waals surface area contributed by atoms with Crippen molar-refractivity contribution in [3.05, 3.63) is 120 Å². The Hall–Kier alpha value is -3.98. The van der Waals surface area contributed by atoms with E-state index in [-0.39, 0.29) is 5.84 Å². The minimum absolute atomic E-state index is 0.221. The highest BCUT2D eigenvalue weighted by atomic mass is 15.0. The summed E-state index contributed by atoms with van der Waals surface area (Å²) in [6.07, 6.45) is 0. The van der Waals surface area contributed by atoms with E-state index in [1.165, 1.54) is 0 Å². The number of hydrogen-bond donors (Lipinski definition) is 2. The van der Waals surface area contributed by atoms with Crippen molar-refractivity contribution in [2.24, 2.45) is 4.99 Å². The van der Waals surface area contributed by atoms with Crippen molar-refractivity contribution in [3.63, 3.8) is 0 Å². The normalized spacial score (nSPS) is 11.2. The van der Waals surface area contributed by atoms with Gasteiger partial charge in [-0.1, -0.05) is 91.0 Å². The molecule has 0 amide bonds. The van der Waals surface area contributed by atoms with Gasteiger partial charge >= 0.3 is 0 Å². The highest BCUT2D eigenvalue weighted by Crippen LogP contribution is 2.28. The van der Waals surface area contributed by atoms with Crippen molar-refractivity contribution >= 4 is 11.7 Å². The van der Waals surface area contributed by atoms with E-state index in [9.17, 15) is 0 Å². The van der Waals surface area contributed by atoms with E-state index in [1.807, 2.05) is 85.9 Å². The third-order valence-corrected chi connectivity index (χ3v) is 4.93. The smallest absolute Gasteiger partial charge is 0.154 e. The molecule has 4 aromatic carbocycles. The summed E-state index contributed by atoms with van der Waals surface area (Å²) in [6.45, 7) is 0. The second-order valence-corrected chi connectivity index (χ2v) is 6.96. The Morgan fingerprint density at radius 1 is 0.600 bits per heavy atom. The van der Waals surface area contributed by atoms with E-state index < -0.39 is 0 Å². The number of benzene rings is 4. The van der Waals surface area contributed by atoms with Gasteiger partial charge in [0, 0.05) is 18.2 Å². The Morgan fingerprint density at radius 2 is 1.07 bits per heavy atom. The standard InChI is InChI=1S/C27H23N3/c1-29-27(22-15-9-4-10-16-22)30-26(28)25-18-23(20-11-5-2-6-12-20)17-24(19-25)21-13-7-3-8-14-21/h2-19H,1H3,(H2,28,29,30). The highest BCUT2D eigenvalue weighted by molar-refractivity contribution is 6.11. The van der Waals surface area contributed by atoms with E-state index >= 15 is 0 Å². The van der Waals surface area contributed by atoms with Crippen LogP contribution < -0.4 is 5.32 Å². The van der Waals surface area contributed by atoms with Gasteiger partial charge in [-0.25, -0.2) is 4.99 Å². The topological polar surface area (TPSA) is 48.2 Å². The summed E-state index contributed by atoms with van der Waals surface area (Å²) in [5.41, 5.74) is 6.09. The summed E-state index contributed by atoms with van der Waals surface area (Å²) in [4.78, 5) is 4.59. The van der Waals surface area contributed by atoms with Crippen LogP contribution in [0.4, 0.5) is 0 Å². The van der Waals surface area contributed by atoms with E-state index in [2.05, 4.69) is 40.6 Å². The molecule has 0 unspecified atom stereocenters. The minimum Gasteiger partial charge on any atom is -0.373 e. The molecule has 0 saturated heterocycles. The first-order chi connectivity index (χ1) is 14.7. The summed E-state index contributed by atoms with van der Waals surface area (Å²) in [5, 5.41) is 11.8. The largest absolute Gasteiger partial charge is 0.373 e. The lowest BCUT2D eigenvalue weighted by Gasteiger charge is -2.11. The van der Waals surface area contributed by atoms with Gasteiger partial charge in [0.15, 0.2) is 5.84 Å². The molecule has 3 nitrogen and oxygen atoms in total. The van der Waals surface area contributed by atoms with Crippen LogP contribution in [0.2, 0.25) is 0 Å². The molecule has 0 atom stereocenters. The second kappa shape index (κ2) is 9.01. The number of hydrogen-bond acceptors (Lipinski definition) is 1. The summed E-state index contributed by atoms with van der Waals surface area (Å²) < 4.78 is 0. The van der Waals surface area contributed by atoms with Crippen LogP contribution in [0.3, 0.4) is 0 Å². The van der Waals surface area contributed by atoms with Gasteiger partial charge in [-0.15, -0.1) is 0 Å². The van der Waals surface area contributed by atoms with Crippen molar-refractivity contribution in [1.29, 1.82) is 5.41 Å². The molecule has 4 aromatic rings. The van der Waals surface area contributed by atoms with Crippen molar-refractivity contribution in [2.75, 3.05) is 7.05 Å². The van der Waals surface area contributed by atoms with Gasteiger partial charge in [0.25, 0.3) is 0 Å². The molecule has 0 saturated carbocycles. The quantitative estimate of drug-likeness (QED) is 0.326. The first-order valence-electron chi connectivity index (χ1n) is 9.91. The molecule has 0 aromatic heterocycles. The van der Waals surface area contributed by atoms with Crippen LogP contribution in [0, 0.1) is 5.41 Å². The van der Waals surface area contributed by atoms with Crippen LogP contribution in [-0.4, -0.2) is 18.7 Å². The predicted molar refractivity (Wildman–Crippen MR) is 126 cm³/mol. The summed E-state index contributed by atoms with van der Waals surface area (Å²) in [6, 6.07) is 36.6. The van der Waals surface area contributed by atoms with Gasteiger partial charge in [0.2, 0.25) is 0 Å². The molecular formula is C27H23N3. The van der Waals surface area contributed by atoms with Crippen LogP contribution in [0.5, 0.6) is 0 Å². The predicted octanol–water partition coefficient (Wildman–Crippen LogP) is 6.01. The molecule has 0 radical (unpaired) electrons. The third-order valence-electron chi connectivity index (χ3n) is 4.93. The molecule has 0 heterocycles. The fraction of sp³-hybridized carbons (Fsp3) is 0.0370. The van der Waals surface area contributed by atoms with E-state index in [0.717, 1.165) is 33.4 Å². The van der Waals surface area contributed by atoms with Crippen LogP contribution in [0.25, 0.3) is 22.3 Å². The van der Waals surface area contributed by atoms with E-state index in [0.29, 0.717) is 5.84 Å². The molecule has 0 spiro atoms. The second-order valence-electron chi connectivity index (χ2n) is 6.96. The zero-order valence-corrected chi connectivity index (χ0v) is 16.8. The maximum absolute atomic E-state index is 8.70. The maximum atomic E-state index is 8.70. The molecular weight excluding hydrogens is 366 g/mol. The zero-order chi connectivity index (χ0) is 20.8. The monoisotopic (exact) mass is 389 g/mol. The Bertz CT molecular complexity index is 1110. The molecule has 30 heavy (non-hydrogen) atoms. The van der Waals surface area contributed by atoms with Gasteiger partial charge in [0.1, 0.15) is 5.84 Å². The van der Waals surface area contributed by atoms with Crippen LogP contribution in [0.1, 0.15) is 11.1 Å². The summed E-state index contributed by atoms with van der Waals surface area (Å²) in [5.74, 6) is 0.894. The highest BCUT2D eigenvalue weighted by Gasteiger charge is 2.10. The average Bonchev–Trinajstić information content (AvgIpc) is 2.83. The zero-order valence-electron chi connectivity index (χ0n) is 16.8. The van der Waals surface area contributed by atoms with Crippen molar-refractivity contribution in [1.82, 2.24) is 5.32 Å². The molecule has 0 aliphatic rings. The lowest BCUT2D eigenvalue weighted by Crippen LogP contribution is -2.21.